The molecular weight excluding hydrogens is 390 g/mol. The molecule has 0 unspecified atom stereocenters. The Balaban J connectivity index is 2.63. The van der Waals surface area contributed by atoms with Crippen molar-refractivity contribution in [3.63, 3.8) is 0 Å². The van der Waals surface area contributed by atoms with Gasteiger partial charge in [0.2, 0.25) is 5.91 Å². The average molecular weight is 414 g/mol. The van der Waals surface area contributed by atoms with Crippen LogP contribution in [0.2, 0.25) is 0 Å². The summed E-state index contributed by atoms with van der Waals surface area (Å²) in [6.07, 6.45) is 0.831. The SMILES string of the molecule is CC(C)[C@H](NC(=O)OC(C)(C)C)C(=O)NCC(=O)c1ccc(Br)cn1. The maximum atomic E-state index is 12.3. The van der Waals surface area contributed by atoms with Crippen molar-refractivity contribution in [2.75, 3.05) is 6.54 Å². The van der Waals surface area contributed by atoms with Crippen LogP contribution in [-0.4, -0.2) is 41.0 Å². The lowest BCUT2D eigenvalue weighted by Gasteiger charge is -2.25. The molecule has 0 aliphatic heterocycles. The molecule has 0 bridgehead atoms. The number of pyridine rings is 1. The molecule has 138 valence electrons. The zero-order chi connectivity index (χ0) is 19.2. The molecule has 1 heterocycles. The molecule has 25 heavy (non-hydrogen) atoms. The summed E-state index contributed by atoms with van der Waals surface area (Å²) in [6, 6.07) is 2.46. The number of rotatable bonds is 6. The first kappa shape index (κ1) is 21.1. The van der Waals surface area contributed by atoms with Crippen molar-refractivity contribution in [2.45, 2.75) is 46.3 Å². The van der Waals surface area contributed by atoms with Crippen LogP contribution in [-0.2, 0) is 9.53 Å². The molecule has 1 aromatic heterocycles. The van der Waals surface area contributed by atoms with E-state index >= 15 is 0 Å². The van der Waals surface area contributed by atoms with Gasteiger partial charge in [0.1, 0.15) is 17.3 Å². The monoisotopic (exact) mass is 413 g/mol. The van der Waals surface area contributed by atoms with Gasteiger partial charge in [-0.25, -0.2) is 4.79 Å². The number of hydrogen-bond donors (Lipinski definition) is 2. The predicted octanol–water partition coefficient (Wildman–Crippen LogP) is 2.69. The first-order valence-corrected chi connectivity index (χ1v) is 8.71. The number of halogens is 1. The molecule has 2 amide bonds. The van der Waals surface area contributed by atoms with Gasteiger partial charge >= 0.3 is 6.09 Å². The highest BCUT2D eigenvalue weighted by molar-refractivity contribution is 9.10. The second-order valence-corrected chi connectivity index (χ2v) is 7.79. The van der Waals surface area contributed by atoms with Crippen LogP contribution < -0.4 is 10.6 Å². The van der Waals surface area contributed by atoms with Crippen LogP contribution in [0.1, 0.15) is 45.1 Å². The largest absolute Gasteiger partial charge is 0.444 e. The quantitative estimate of drug-likeness (QED) is 0.698. The Bertz CT molecular complexity index is 624. The third-order valence-electron chi connectivity index (χ3n) is 3.06. The fourth-order valence-corrected chi connectivity index (χ4v) is 2.11. The first-order valence-electron chi connectivity index (χ1n) is 7.91. The maximum absolute atomic E-state index is 12.3. The topological polar surface area (TPSA) is 97.4 Å². The number of alkyl carbamates (subject to hydrolysis) is 1. The lowest BCUT2D eigenvalue weighted by molar-refractivity contribution is -0.124. The molecule has 0 aromatic carbocycles. The Labute approximate surface area is 156 Å². The molecule has 0 saturated carbocycles. The minimum Gasteiger partial charge on any atom is -0.444 e. The van der Waals surface area contributed by atoms with Crippen molar-refractivity contribution in [1.82, 2.24) is 15.6 Å². The highest BCUT2D eigenvalue weighted by atomic mass is 79.9. The van der Waals surface area contributed by atoms with Crippen LogP contribution in [0.4, 0.5) is 4.79 Å². The van der Waals surface area contributed by atoms with Gasteiger partial charge in [-0.3, -0.25) is 14.6 Å². The number of amides is 2. The maximum Gasteiger partial charge on any atom is 0.408 e. The first-order chi connectivity index (χ1) is 11.5. The molecule has 0 aliphatic carbocycles. The second-order valence-electron chi connectivity index (χ2n) is 6.87. The highest BCUT2D eigenvalue weighted by Gasteiger charge is 2.27. The van der Waals surface area contributed by atoms with E-state index in [1.165, 1.54) is 6.20 Å². The van der Waals surface area contributed by atoms with Crippen molar-refractivity contribution in [3.8, 4) is 0 Å². The van der Waals surface area contributed by atoms with Gasteiger partial charge in [-0.15, -0.1) is 0 Å². The molecular formula is C17H24BrN3O4. The molecule has 7 nitrogen and oxygen atoms in total. The summed E-state index contributed by atoms with van der Waals surface area (Å²) in [7, 11) is 0. The third kappa shape index (κ3) is 7.64. The van der Waals surface area contributed by atoms with Crippen molar-refractivity contribution in [1.29, 1.82) is 0 Å². The zero-order valence-electron chi connectivity index (χ0n) is 15.1. The van der Waals surface area contributed by atoms with E-state index in [4.69, 9.17) is 4.74 Å². The lowest BCUT2D eigenvalue weighted by Crippen LogP contribution is -2.51. The summed E-state index contributed by atoms with van der Waals surface area (Å²) < 4.78 is 5.92. The molecule has 1 aromatic rings. The normalized spacial score (nSPS) is 12.4. The third-order valence-corrected chi connectivity index (χ3v) is 3.53. The fraction of sp³-hybridized carbons (Fsp3) is 0.529. The minimum atomic E-state index is -0.805. The van der Waals surface area contributed by atoms with E-state index in [2.05, 4.69) is 31.5 Å². The average Bonchev–Trinajstić information content (AvgIpc) is 2.48. The standard InChI is InChI=1S/C17H24BrN3O4/c1-10(2)14(21-16(24)25-17(3,4)5)15(23)20-9-13(22)12-7-6-11(18)8-19-12/h6-8,10,14H,9H2,1-5H3,(H,20,23)(H,21,24)/t14-/m0/s1. The number of aromatic nitrogens is 1. The number of carbonyl (C=O) groups is 3. The molecule has 0 spiro atoms. The molecule has 0 radical (unpaired) electrons. The lowest BCUT2D eigenvalue weighted by atomic mass is 10.0. The number of carbonyl (C=O) groups excluding carboxylic acids is 3. The van der Waals surface area contributed by atoms with Crippen molar-refractivity contribution in [2.24, 2.45) is 5.92 Å². The van der Waals surface area contributed by atoms with Gasteiger partial charge in [-0.1, -0.05) is 13.8 Å². The van der Waals surface area contributed by atoms with Gasteiger partial charge in [-0.05, 0) is 54.8 Å². The van der Waals surface area contributed by atoms with E-state index in [0.717, 1.165) is 4.47 Å². The van der Waals surface area contributed by atoms with E-state index < -0.39 is 23.6 Å². The van der Waals surface area contributed by atoms with Crippen LogP contribution >= 0.6 is 15.9 Å². The van der Waals surface area contributed by atoms with E-state index in [9.17, 15) is 14.4 Å². The summed E-state index contributed by atoms with van der Waals surface area (Å²) in [5.74, 6) is -0.944. The van der Waals surface area contributed by atoms with Crippen molar-refractivity contribution < 1.29 is 19.1 Å². The molecule has 0 saturated heterocycles. The van der Waals surface area contributed by atoms with Gasteiger partial charge in [0.15, 0.2) is 5.78 Å². The number of Topliss-reactive ketones (excluding diaryl/α,β-unsaturated/α-hetero) is 1. The van der Waals surface area contributed by atoms with Crippen molar-refractivity contribution >= 4 is 33.7 Å². The highest BCUT2D eigenvalue weighted by Crippen LogP contribution is 2.09. The number of nitrogens with one attached hydrogen (secondary N) is 2. The molecule has 1 atom stereocenters. The van der Waals surface area contributed by atoms with Crippen molar-refractivity contribution in [3.05, 3.63) is 28.5 Å². The summed E-state index contributed by atoms with van der Waals surface area (Å²) in [4.78, 5) is 40.2. The second kappa shape index (κ2) is 8.94. The summed E-state index contributed by atoms with van der Waals surface area (Å²) in [5.41, 5.74) is -0.407. The van der Waals surface area contributed by atoms with Crippen LogP contribution in [0.3, 0.4) is 0 Å². The minimum absolute atomic E-state index is 0.173. The molecule has 1 rings (SSSR count). The van der Waals surface area contributed by atoms with Gasteiger partial charge in [-0.2, -0.15) is 0 Å². The number of hydrogen-bond acceptors (Lipinski definition) is 5. The van der Waals surface area contributed by atoms with E-state index in [1.807, 2.05) is 0 Å². The summed E-state index contributed by atoms with van der Waals surface area (Å²) in [5, 5.41) is 5.07. The Hall–Kier alpha value is -1.96. The summed E-state index contributed by atoms with van der Waals surface area (Å²) in [6.45, 7) is 8.59. The Morgan fingerprint density at radius 2 is 1.88 bits per heavy atom. The van der Waals surface area contributed by atoms with Crippen LogP contribution in [0, 0.1) is 5.92 Å². The van der Waals surface area contributed by atoms with Gasteiger partial charge in [0.05, 0.1) is 6.54 Å². The number of ketones is 1. The van der Waals surface area contributed by atoms with Crippen LogP contribution in [0.15, 0.2) is 22.8 Å². The van der Waals surface area contributed by atoms with Gasteiger partial charge in [0, 0.05) is 10.7 Å². The van der Waals surface area contributed by atoms with Gasteiger partial charge < -0.3 is 15.4 Å². The smallest absolute Gasteiger partial charge is 0.408 e. The Kier molecular flexibility index (Phi) is 7.54. The molecule has 0 fully saturated rings. The van der Waals surface area contributed by atoms with E-state index in [1.54, 1.807) is 46.8 Å². The Morgan fingerprint density at radius 1 is 1.24 bits per heavy atom. The number of nitrogens with zero attached hydrogens (tertiary/aromatic N) is 1. The predicted molar refractivity (Wildman–Crippen MR) is 97.3 cm³/mol. The van der Waals surface area contributed by atoms with Crippen LogP contribution in [0.25, 0.3) is 0 Å². The summed E-state index contributed by atoms with van der Waals surface area (Å²) >= 11 is 3.24. The molecule has 2 N–H and O–H groups in total. The number of ether oxygens (including phenoxy) is 1. The van der Waals surface area contributed by atoms with E-state index in [-0.39, 0.29) is 23.9 Å². The van der Waals surface area contributed by atoms with E-state index in [0.29, 0.717) is 0 Å². The fourth-order valence-electron chi connectivity index (χ4n) is 1.88. The molecule has 8 heteroatoms. The van der Waals surface area contributed by atoms with Crippen LogP contribution in [0.5, 0.6) is 0 Å². The molecule has 0 aliphatic rings. The van der Waals surface area contributed by atoms with Gasteiger partial charge in [0.25, 0.3) is 0 Å². The Morgan fingerprint density at radius 3 is 2.36 bits per heavy atom. The zero-order valence-corrected chi connectivity index (χ0v) is 16.6.